The van der Waals surface area contributed by atoms with E-state index < -0.39 is 5.82 Å². The molecule has 1 aromatic rings. The first-order valence-corrected chi connectivity index (χ1v) is 3.09. The fraction of sp³-hybridized carbons (Fsp3) is 0. The summed E-state index contributed by atoms with van der Waals surface area (Å²) < 4.78 is 12.6. The number of hydrogen-bond acceptors (Lipinski definition) is 1. The Morgan fingerprint density at radius 1 is 1.45 bits per heavy atom. The van der Waals surface area contributed by atoms with Gasteiger partial charge in [-0.2, -0.15) is 5.26 Å². The van der Waals surface area contributed by atoms with E-state index >= 15 is 0 Å². The standard InChI is InChI=1S/C9H6FN/c1-2-7-3-8(6-11)5-9(10)4-7/h2-5H,1H2. The molecule has 0 aliphatic heterocycles. The summed E-state index contributed by atoms with van der Waals surface area (Å²) in [5.41, 5.74) is 0.946. The van der Waals surface area contributed by atoms with Crippen LogP contribution in [0.5, 0.6) is 0 Å². The van der Waals surface area contributed by atoms with Crippen molar-refractivity contribution in [3.8, 4) is 6.07 Å². The van der Waals surface area contributed by atoms with E-state index in [4.69, 9.17) is 5.26 Å². The first-order chi connectivity index (χ1) is 5.26. The Morgan fingerprint density at radius 2 is 2.18 bits per heavy atom. The SMILES string of the molecule is C=Cc1cc(F)cc(C#N)c1. The molecule has 0 N–H and O–H groups in total. The van der Waals surface area contributed by atoms with Gasteiger partial charge in [-0.3, -0.25) is 0 Å². The maximum Gasteiger partial charge on any atom is 0.125 e. The summed E-state index contributed by atoms with van der Waals surface area (Å²) in [6.07, 6.45) is 1.50. The van der Waals surface area contributed by atoms with Crippen molar-refractivity contribution < 1.29 is 4.39 Å². The molecule has 0 aliphatic rings. The van der Waals surface area contributed by atoms with Crippen LogP contribution in [0.1, 0.15) is 11.1 Å². The molecule has 1 aromatic carbocycles. The molecule has 2 heteroatoms. The second-order valence-electron chi connectivity index (χ2n) is 2.09. The van der Waals surface area contributed by atoms with Crippen LogP contribution < -0.4 is 0 Å². The molecular formula is C9H6FN. The summed E-state index contributed by atoms with van der Waals surface area (Å²) in [5.74, 6) is -0.404. The summed E-state index contributed by atoms with van der Waals surface area (Å²) >= 11 is 0. The van der Waals surface area contributed by atoms with Crippen LogP contribution >= 0.6 is 0 Å². The molecule has 11 heavy (non-hydrogen) atoms. The third-order valence-electron chi connectivity index (χ3n) is 1.28. The van der Waals surface area contributed by atoms with E-state index in [0.717, 1.165) is 0 Å². The normalized spacial score (nSPS) is 8.73. The quantitative estimate of drug-likeness (QED) is 0.598. The molecule has 0 saturated heterocycles. The minimum Gasteiger partial charge on any atom is -0.207 e. The Morgan fingerprint density at radius 3 is 2.73 bits per heavy atom. The minimum absolute atomic E-state index is 0.319. The molecule has 1 rings (SSSR count). The van der Waals surface area contributed by atoms with Gasteiger partial charge in [0.05, 0.1) is 11.6 Å². The maximum atomic E-state index is 12.6. The Labute approximate surface area is 64.4 Å². The van der Waals surface area contributed by atoms with E-state index in [9.17, 15) is 4.39 Å². The smallest absolute Gasteiger partial charge is 0.125 e. The van der Waals surface area contributed by atoms with Gasteiger partial charge in [-0.25, -0.2) is 4.39 Å². The lowest BCUT2D eigenvalue weighted by atomic mass is 10.1. The second-order valence-corrected chi connectivity index (χ2v) is 2.09. The van der Waals surface area contributed by atoms with Crippen LogP contribution in [0.2, 0.25) is 0 Å². The monoisotopic (exact) mass is 147 g/mol. The van der Waals surface area contributed by atoms with E-state index in [1.54, 1.807) is 6.07 Å². The summed E-state index contributed by atoms with van der Waals surface area (Å²) in [7, 11) is 0. The largest absolute Gasteiger partial charge is 0.207 e. The average molecular weight is 147 g/mol. The maximum absolute atomic E-state index is 12.6. The molecule has 0 radical (unpaired) electrons. The number of nitrogens with zero attached hydrogens (tertiary/aromatic N) is 1. The van der Waals surface area contributed by atoms with Crippen LogP contribution in [-0.4, -0.2) is 0 Å². The number of rotatable bonds is 1. The van der Waals surface area contributed by atoms with Crippen molar-refractivity contribution in [1.29, 1.82) is 5.26 Å². The Balaban J connectivity index is 3.25. The molecule has 0 saturated carbocycles. The van der Waals surface area contributed by atoms with Gasteiger partial charge in [0.25, 0.3) is 0 Å². The van der Waals surface area contributed by atoms with Gasteiger partial charge < -0.3 is 0 Å². The van der Waals surface area contributed by atoms with E-state index in [1.165, 1.54) is 18.2 Å². The van der Waals surface area contributed by atoms with Gasteiger partial charge >= 0.3 is 0 Å². The van der Waals surface area contributed by atoms with Gasteiger partial charge in [0.1, 0.15) is 5.82 Å². The van der Waals surface area contributed by atoms with Crippen LogP contribution in [0, 0.1) is 17.1 Å². The number of nitriles is 1. The van der Waals surface area contributed by atoms with Crippen molar-refractivity contribution >= 4 is 6.08 Å². The Hall–Kier alpha value is -1.62. The third kappa shape index (κ3) is 1.65. The van der Waals surface area contributed by atoms with Crippen LogP contribution in [-0.2, 0) is 0 Å². The minimum atomic E-state index is -0.404. The molecule has 0 unspecified atom stereocenters. The highest BCUT2D eigenvalue weighted by molar-refractivity contribution is 5.50. The van der Waals surface area contributed by atoms with E-state index in [0.29, 0.717) is 11.1 Å². The van der Waals surface area contributed by atoms with Crippen molar-refractivity contribution in [2.75, 3.05) is 0 Å². The summed E-state index contributed by atoms with van der Waals surface area (Å²) in [6, 6.07) is 5.95. The van der Waals surface area contributed by atoms with Gasteiger partial charge in [-0.15, -0.1) is 0 Å². The molecule has 0 amide bonds. The van der Waals surface area contributed by atoms with Crippen LogP contribution in [0.25, 0.3) is 6.08 Å². The fourth-order valence-corrected chi connectivity index (χ4v) is 0.795. The van der Waals surface area contributed by atoms with Gasteiger partial charge in [-0.05, 0) is 23.8 Å². The van der Waals surface area contributed by atoms with Gasteiger partial charge in [-0.1, -0.05) is 12.7 Å². The van der Waals surface area contributed by atoms with E-state index in [-0.39, 0.29) is 0 Å². The van der Waals surface area contributed by atoms with Gasteiger partial charge in [0.15, 0.2) is 0 Å². The van der Waals surface area contributed by atoms with Crippen LogP contribution in [0.15, 0.2) is 24.8 Å². The van der Waals surface area contributed by atoms with Crippen LogP contribution in [0.4, 0.5) is 4.39 Å². The van der Waals surface area contributed by atoms with Crippen molar-refractivity contribution in [2.45, 2.75) is 0 Å². The molecular weight excluding hydrogens is 141 g/mol. The first-order valence-electron chi connectivity index (χ1n) is 3.09. The lowest BCUT2D eigenvalue weighted by Crippen LogP contribution is -1.80. The molecule has 0 atom stereocenters. The predicted octanol–water partition coefficient (Wildman–Crippen LogP) is 2.34. The summed E-state index contributed by atoms with van der Waals surface area (Å²) in [6.45, 7) is 3.47. The zero-order valence-electron chi connectivity index (χ0n) is 5.84. The van der Waals surface area contributed by atoms with Gasteiger partial charge in [0, 0.05) is 0 Å². The van der Waals surface area contributed by atoms with E-state index in [2.05, 4.69) is 6.58 Å². The van der Waals surface area contributed by atoms with Crippen LogP contribution in [0.3, 0.4) is 0 Å². The number of halogens is 1. The van der Waals surface area contributed by atoms with E-state index in [1.807, 2.05) is 6.07 Å². The molecule has 54 valence electrons. The molecule has 0 bridgehead atoms. The zero-order valence-corrected chi connectivity index (χ0v) is 5.84. The van der Waals surface area contributed by atoms with Crippen molar-refractivity contribution in [3.63, 3.8) is 0 Å². The topological polar surface area (TPSA) is 23.8 Å². The molecule has 0 spiro atoms. The van der Waals surface area contributed by atoms with Crippen molar-refractivity contribution in [1.82, 2.24) is 0 Å². The molecule has 0 fully saturated rings. The summed E-state index contributed by atoms with van der Waals surface area (Å²) in [5, 5.41) is 8.43. The first kappa shape index (κ1) is 7.49. The highest BCUT2D eigenvalue weighted by Gasteiger charge is 1.95. The Bertz CT molecular complexity index is 323. The van der Waals surface area contributed by atoms with Gasteiger partial charge in [0.2, 0.25) is 0 Å². The molecule has 1 nitrogen and oxygen atoms in total. The predicted molar refractivity (Wildman–Crippen MR) is 41.2 cm³/mol. The molecule has 0 aliphatic carbocycles. The average Bonchev–Trinajstić information content (AvgIpc) is 2.03. The highest BCUT2D eigenvalue weighted by atomic mass is 19.1. The second kappa shape index (κ2) is 2.98. The van der Waals surface area contributed by atoms with Crippen molar-refractivity contribution in [2.24, 2.45) is 0 Å². The summed E-state index contributed by atoms with van der Waals surface area (Å²) in [4.78, 5) is 0. The number of benzene rings is 1. The highest BCUT2D eigenvalue weighted by Crippen LogP contribution is 2.08. The zero-order chi connectivity index (χ0) is 8.27. The molecule has 0 aromatic heterocycles. The lowest BCUT2D eigenvalue weighted by Gasteiger charge is -1.93. The molecule has 0 heterocycles. The lowest BCUT2D eigenvalue weighted by molar-refractivity contribution is 0.627. The van der Waals surface area contributed by atoms with Crippen molar-refractivity contribution in [3.05, 3.63) is 41.7 Å². The third-order valence-corrected chi connectivity index (χ3v) is 1.28. The number of hydrogen-bond donors (Lipinski definition) is 0. The Kier molecular flexibility index (Phi) is 2.03. The fourth-order valence-electron chi connectivity index (χ4n) is 0.795.